The Balaban J connectivity index is 1.96. The maximum Gasteiger partial charge on any atom is 0.148 e. The van der Waals surface area contributed by atoms with Crippen LogP contribution in [0.3, 0.4) is 0 Å². The van der Waals surface area contributed by atoms with Crippen LogP contribution in [0.5, 0.6) is 0 Å². The molecule has 5 heteroatoms. The lowest BCUT2D eigenvalue weighted by molar-refractivity contribution is 0.479. The highest BCUT2D eigenvalue weighted by molar-refractivity contribution is 5.34. The van der Waals surface area contributed by atoms with Crippen LogP contribution in [0.2, 0.25) is 0 Å². The molecule has 2 aromatic heterocycles. The Hall–Kier alpha value is -1.78. The Labute approximate surface area is 121 Å². The van der Waals surface area contributed by atoms with Gasteiger partial charge >= 0.3 is 0 Å². The molecule has 110 valence electrons. The molecule has 0 saturated heterocycles. The maximum atomic E-state index is 4.55. The largest absolute Gasteiger partial charge is 0.364 e. The molecule has 0 aliphatic heterocycles. The molecule has 0 spiro atoms. The fourth-order valence-corrected chi connectivity index (χ4v) is 2.13. The predicted octanol–water partition coefficient (Wildman–Crippen LogP) is 3.38. The third kappa shape index (κ3) is 3.40. The van der Waals surface area contributed by atoms with Crippen molar-refractivity contribution in [3.63, 3.8) is 0 Å². The number of rotatable bonds is 7. The molecule has 1 N–H and O–H groups in total. The smallest absolute Gasteiger partial charge is 0.148 e. The minimum atomic E-state index is 0.444. The second-order valence-electron chi connectivity index (χ2n) is 5.29. The van der Waals surface area contributed by atoms with Gasteiger partial charge in [0.15, 0.2) is 0 Å². The summed E-state index contributed by atoms with van der Waals surface area (Å²) in [6.07, 6.45) is 6.35. The summed E-state index contributed by atoms with van der Waals surface area (Å²) in [5.41, 5.74) is 2.32. The quantitative estimate of drug-likeness (QED) is 0.842. The number of hydrogen-bond donors (Lipinski definition) is 1. The van der Waals surface area contributed by atoms with E-state index in [9.17, 15) is 0 Å². The highest BCUT2D eigenvalue weighted by Crippen LogP contribution is 2.13. The summed E-state index contributed by atoms with van der Waals surface area (Å²) >= 11 is 0. The fourth-order valence-electron chi connectivity index (χ4n) is 2.13. The molecule has 2 heterocycles. The molecule has 5 nitrogen and oxygen atoms in total. The Bertz CT molecular complexity index is 540. The summed E-state index contributed by atoms with van der Waals surface area (Å²) in [4.78, 5) is 0. The van der Waals surface area contributed by atoms with Crippen molar-refractivity contribution in [2.75, 3.05) is 5.32 Å². The first kappa shape index (κ1) is 14.6. The zero-order chi connectivity index (χ0) is 14.5. The van der Waals surface area contributed by atoms with Crippen molar-refractivity contribution in [3.8, 4) is 0 Å². The van der Waals surface area contributed by atoms with E-state index in [2.05, 4.69) is 49.4 Å². The van der Waals surface area contributed by atoms with Gasteiger partial charge in [0.2, 0.25) is 0 Å². The number of nitrogens with zero attached hydrogens (tertiary/aromatic N) is 4. The predicted molar refractivity (Wildman–Crippen MR) is 81.8 cm³/mol. The molecule has 2 rings (SSSR count). The van der Waals surface area contributed by atoms with Crippen molar-refractivity contribution >= 4 is 5.82 Å². The van der Waals surface area contributed by atoms with Gasteiger partial charge in [0.1, 0.15) is 5.82 Å². The summed E-state index contributed by atoms with van der Waals surface area (Å²) < 4.78 is 4.03. The van der Waals surface area contributed by atoms with Crippen LogP contribution in [0.1, 0.15) is 50.9 Å². The Morgan fingerprint density at radius 2 is 2.10 bits per heavy atom. The molecule has 0 amide bonds. The monoisotopic (exact) mass is 275 g/mol. The normalized spacial score (nSPS) is 12.6. The van der Waals surface area contributed by atoms with E-state index in [4.69, 9.17) is 0 Å². The van der Waals surface area contributed by atoms with Gasteiger partial charge < -0.3 is 5.32 Å². The van der Waals surface area contributed by atoms with E-state index in [1.807, 2.05) is 21.6 Å². The topological polar surface area (TPSA) is 47.7 Å². The van der Waals surface area contributed by atoms with Crippen LogP contribution in [0.15, 0.2) is 18.5 Å². The molecule has 0 unspecified atom stereocenters. The molecule has 0 aliphatic rings. The van der Waals surface area contributed by atoms with Crippen LogP contribution in [-0.2, 0) is 13.1 Å². The van der Waals surface area contributed by atoms with Crippen LogP contribution < -0.4 is 5.32 Å². The van der Waals surface area contributed by atoms with Gasteiger partial charge in [-0.1, -0.05) is 13.8 Å². The molecular weight excluding hydrogens is 250 g/mol. The van der Waals surface area contributed by atoms with Crippen molar-refractivity contribution in [1.82, 2.24) is 19.6 Å². The van der Waals surface area contributed by atoms with E-state index in [0.717, 1.165) is 37.4 Å². The Kier molecular flexibility index (Phi) is 4.82. The third-order valence-corrected chi connectivity index (χ3v) is 3.61. The molecule has 0 saturated carbocycles. The van der Waals surface area contributed by atoms with E-state index in [1.165, 1.54) is 5.56 Å². The number of aromatic nitrogens is 4. The average molecular weight is 275 g/mol. The van der Waals surface area contributed by atoms with E-state index in [-0.39, 0.29) is 0 Å². The van der Waals surface area contributed by atoms with E-state index in [0.29, 0.717) is 6.04 Å². The van der Waals surface area contributed by atoms with Gasteiger partial charge in [0.05, 0.1) is 5.69 Å². The first-order valence-electron chi connectivity index (χ1n) is 7.46. The number of aryl methyl sites for hydroxylation is 2. The second kappa shape index (κ2) is 6.59. The van der Waals surface area contributed by atoms with Gasteiger partial charge in [-0.2, -0.15) is 10.2 Å². The van der Waals surface area contributed by atoms with Crippen LogP contribution in [-0.4, -0.2) is 19.6 Å². The maximum absolute atomic E-state index is 4.55. The van der Waals surface area contributed by atoms with Crippen molar-refractivity contribution in [2.24, 2.45) is 0 Å². The Morgan fingerprint density at radius 1 is 1.30 bits per heavy atom. The molecule has 0 aliphatic carbocycles. The molecule has 2 aromatic rings. The molecule has 0 radical (unpaired) electrons. The van der Waals surface area contributed by atoms with Crippen molar-refractivity contribution in [2.45, 2.75) is 59.7 Å². The molecule has 1 atom stereocenters. The Morgan fingerprint density at radius 3 is 2.80 bits per heavy atom. The molecular formula is C15H25N5. The van der Waals surface area contributed by atoms with Crippen LogP contribution >= 0.6 is 0 Å². The summed E-state index contributed by atoms with van der Waals surface area (Å²) in [5.74, 6) is 0.924. The number of anilines is 1. The van der Waals surface area contributed by atoms with E-state index in [1.54, 1.807) is 0 Å². The fraction of sp³-hybridized carbons (Fsp3) is 0.600. The van der Waals surface area contributed by atoms with Crippen LogP contribution in [0.25, 0.3) is 0 Å². The van der Waals surface area contributed by atoms with Gasteiger partial charge in [-0.05, 0) is 26.7 Å². The highest BCUT2D eigenvalue weighted by Gasteiger charge is 2.07. The zero-order valence-electron chi connectivity index (χ0n) is 12.9. The van der Waals surface area contributed by atoms with Crippen molar-refractivity contribution in [1.29, 1.82) is 0 Å². The first-order chi connectivity index (χ1) is 9.63. The third-order valence-electron chi connectivity index (χ3n) is 3.61. The van der Waals surface area contributed by atoms with Crippen LogP contribution in [0, 0.1) is 6.92 Å². The lowest BCUT2D eigenvalue weighted by Crippen LogP contribution is -2.06. The number of nitrogens with one attached hydrogen (secondary N) is 1. The minimum Gasteiger partial charge on any atom is -0.364 e. The lowest BCUT2D eigenvalue weighted by atomic mass is 10.2. The zero-order valence-corrected chi connectivity index (χ0v) is 12.9. The molecule has 20 heavy (non-hydrogen) atoms. The van der Waals surface area contributed by atoms with E-state index >= 15 is 0 Å². The van der Waals surface area contributed by atoms with Crippen LogP contribution in [0.4, 0.5) is 5.82 Å². The van der Waals surface area contributed by atoms with Crippen molar-refractivity contribution in [3.05, 3.63) is 29.7 Å². The molecule has 0 aromatic carbocycles. The standard InChI is InChI=1S/C15H25N5/c1-5-8-19-11-14(13(4)17-19)10-16-15-7-9-20(18-15)12(3)6-2/h7,9,11-12H,5-6,8,10H2,1-4H3,(H,16,18)/t12-/m1/s1. The second-order valence-corrected chi connectivity index (χ2v) is 5.29. The number of hydrogen-bond acceptors (Lipinski definition) is 3. The highest BCUT2D eigenvalue weighted by atomic mass is 15.3. The average Bonchev–Trinajstić information content (AvgIpc) is 3.03. The summed E-state index contributed by atoms with van der Waals surface area (Å²) in [7, 11) is 0. The van der Waals surface area contributed by atoms with Gasteiger partial charge in [-0.25, -0.2) is 0 Å². The molecule has 0 fully saturated rings. The van der Waals surface area contributed by atoms with E-state index < -0.39 is 0 Å². The molecule has 0 bridgehead atoms. The van der Waals surface area contributed by atoms with Gasteiger partial charge in [-0.15, -0.1) is 0 Å². The van der Waals surface area contributed by atoms with Gasteiger partial charge in [-0.3, -0.25) is 9.36 Å². The summed E-state index contributed by atoms with van der Waals surface area (Å²) in [6, 6.07) is 2.47. The minimum absolute atomic E-state index is 0.444. The van der Waals surface area contributed by atoms with Gasteiger partial charge in [0, 0.05) is 43.2 Å². The summed E-state index contributed by atoms with van der Waals surface area (Å²) in [6.45, 7) is 10.3. The SMILES string of the molecule is CCCn1cc(CNc2ccn([C@H](C)CC)n2)c(C)n1. The first-order valence-corrected chi connectivity index (χ1v) is 7.46. The summed E-state index contributed by atoms with van der Waals surface area (Å²) in [5, 5.41) is 12.4. The van der Waals surface area contributed by atoms with Crippen molar-refractivity contribution < 1.29 is 0 Å². The lowest BCUT2D eigenvalue weighted by Gasteiger charge is -2.08. The van der Waals surface area contributed by atoms with Gasteiger partial charge in [0.25, 0.3) is 0 Å².